The molecule has 8 heteroatoms. The summed E-state index contributed by atoms with van der Waals surface area (Å²) in [6.07, 6.45) is -2.97. The number of hydrogen-bond donors (Lipinski definition) is 0. The van der Waals surface area contributed by atoms with E-state index in [1.165, 1.54) is 29.0 Å². The van der Waals surface area contributed by atoms with Gasteiger partial charge in [-0.1, -0.05) is 6.07 Å². The van der Waals surface area contributed by atoms with Gasteiger partial charge in [-0.3, -0.25) is 9.36 Å². The van der Waals surface area contributed by atoms with E-state index < -0.39 is 17.3 Å². The van der Waals surface area contributed by atoms with Crippen molar-refractivity contribution in [1.29, 1.82) is 0 Å². The number of alkyl halides is 3. The summed E-state index contributed by atoms with van der Waals surface area (Å²) in [5, 5.41) is 0.705. The van der Waals surface area contributed by atoms with Crippen molar-refractivity contribution in [2.24, 2.45) is 0 Å². The molecule has 5 nitrogen and oxygen atoms in total. The van der Waals surface area contributed by atoms with E-state index in [2.05, 4.69) is 4.98 Å². The second-order valence-corrected chi connectivity index (χ2v) is 6.23. The number of hydrogen-bond acceptors (Lipinski definition) is 4. The average Bonchev–Trinajstić information content (AvgIpc) is 2.67. The predicted octanol–water partition coefficient (Wildman–Crippen LogP) is 3.24. The highest BCUT2D eigenvalue weighted by atomic mass is 19.4. The Morgan fingerprint density at radius 1 is 1.04 bits per heavy atom. The van der Waals surface area contributed by atoms with Gasteiger partial charge in [0.15, 0.2) is 0 Å². The van der Waals surface area contributed by atoms with Crippen molar-refractivity contribution < 1.29 is 17.9 Å². The number of ether oxygens (including phenoxy) is 1. The van der Waals surface area contributed by atoms with Gasteiger partial charge in [-0.05, 0) is 30.3 Å². The Kier molecular flexibility index (Phi) is 4.35. The van der Waals surface area contributed by atoms with Crippen LogP contribution >= 0.6 is 0 Å². The first-order valence-corrected chi connectivity index (χ1v) is 8.46. The van der Waals surface area contributed by atoms with Crippen LogP contribution in [0.3, 0.4) is 0 Å². The molecule has 3 aromatic rings. The van der Waals surface area contributed by atoms with E-state index in [0.29, 0.717) is 37.3 Å². The van der Waals surface area contributed by atoms with Crippen LogP contribution in [0.15, 0.2) is 53.5 Å². The van der Waals surface area contributed by atoms with Gasteiger partial charge in [0.2, 0.25) is 0 Å². The van der Waals surface area contributed by atoms with Crippen molar-refractivity contribution in [3.63, 3.8) is 0 Å². The number of rotatable bonds is 2. The van der Waals surface area contributed by atoms with E-state index in [9.17, 15) is 18.0 Å². The molecule has 27 heavy (non-hydrogen) atoms. The molecular weight excluding hydrogens is 359 g/mol. The quantitative estimate of drug-likeness (QED) is 0.690. The molecule has 0 aliphatic carbocycles. The van der Waals surface area contributed by atoms with Gasteiger partial charge in [-0.15, -0.1) is 0 Å². The van der Waals surface area contributed by atoms with Crippen LogP contribution in [-0.2, 0) is 10.9 Å². The van der Waals surface area contributed by atoms with Gasteiger partial charge in [0, 0.05) is 30.7 Å². The Morgan fingerprint density at radius 3 is 2.56 bits per heavy atom. The lowest BCUT2D eigenvalue weighted by Crippen LogP contribution is -2.37. The number of anilines is 1. The molecule has 0 bridgehead atoms. The van der Waals surface area contributed by atoms with E-state index in [-0.39, 0.29) is 5.69 Å². The predicted molar refractivity (Wildman–Crippen MR) is 95.4 cm³/mol. The number of halogens is 3. The topological polar surface area (TPSA) is 47.4 Å². The molecule has 0 atom stereocenters. The zero-order valence-electron chi connectivity index (χ0n) is 14.2. The standard InChI is InChI=1S/C19H16F3N3O2/c20-19(21,22)13-3-1-4-14(11-13)25-17(26)12-16(24-7-9-27-10-8-24)15-5-2-6-23-18(15)25/h1-6,11-12H,7-10H2. The van der Waals surface area contributed by atoms with Crippen molar-refractivity contribution in [3.05, 3.63) is 64.6 Å². The highest BCUT2D eigenvalue weighted by Gasteiger charge is 2.30. The summed E-state index contributed by atoms with van der Waals surface area (Å²) in [6.45, 7) is 2.38. The Hall–Kier alpha value is -2.87. The van der Waals surface area contributed by atoms with Crippen LogP contribution < -0.4 is 10.5 Å². The minimum atomic E-state index is -4.49. The molecule has 0 radical (unpaired) electrons. The van der Waals surface area contributed by atoms with E-state index in [4.69, 9.17) is 4.74 Å². The molecule has 0 unspecified atom stereocenters. The molecule has 1 aliphatic rings. The fourth-order valence-electron chi connectivity index (χ4n) is 3.28. The first-order chi connectivity index (χ1) is 12.9. The molecule has 1 fully saturated rings. The average molecular weight is 375 g/mol. The fraction of sp³-hybridized carbons (Fsp3) is 0.263. The van der Waals surface area contributed by atoms with Gasteiger partial charge in [0.05, 0.1) is 30.2 Å². The number of pyridine rings is 2. The summed E-state index contributed by atoms with van der Waals surface area (Å²) in [5.74, 6) is 0. The third-order valence-corrected chi connectivity index (χ3v) is 4.54. The van der Waals surface area contributed by atoms with Gasteiger partial charge in [0.25, 0.3) is 5.56 Å². The second-order valence-electron chi connectivity index (χ2n) is 6.23. The maximum Gasteiger partial charge on any atom is 0.416 e. The number of fused-ring (bicyclic) bond motifs is 1. The molecule has 1 aliphatic heterocycles. The number of benzene rings is 1. The maximum absolute atomic E-state index is 13.1. The van der Waals surface area contributed by atoms with E-state index in [1.807, 2.05) is 11.0 Å². The molecule has 4 rings (SSSR count). The summed E-state index contributed by atoms with van der Waals surface area (Å²) in [7, 11) is 0. The molecule has 1 saturated heterocycles. The largest absolute Gasteiger partial charge is 0.416 e. The van der Waals surface area contributed by atoms with Crippen LogP contribution in [0, 0.1) is 0 Å². The lowest BCUT2D eigenvalue weighted by molar-refractivity contribution is -0.137. The summed E-state index contributed by atoms with van der Waals surface area (Å²) < 4.78 is 45.8. The number of nitrogens with zero attached hydrogens (tertiary/aromatic N) is 3. The zero-order chi connectivity index (χ0) is 19.0. The lowest BCUT2D eigenvalue weighted by atomic mass is 10.1. The van der Waals surface area contributed by atoms with Crippen LogP contribution in [0.5, 0.6) is 0 Å². The molecule has 1 aromatic carbocycles. The zero-order valence-corrected chi connectivity index (χ0v) is 14.2. The summed E-state index contributed by atoms with van der Waals surface area (Å²) in [4.78, 5) is 19.2. The highest BCUT2D eigenvalue weighted by Crippen LogP contribution is 2.31. The summed E-state index contributed by atoms with van der Waals surface area (Å²) in [6, 6.07) is 9.71. The lowest BCUT2D eigenvalue weighted by Gasteiger charge is -2.30. The summed E-state index contributed by atoms with van der Waals surface area (Å²) >= 11 is 0. The van der Waals surface area contributed by atoms with Gasteiger partial charge >= 0.3 is 6.18 Å². The molecule has 140 valence electrons. The normalized spacial score (nSPS) is 15.3. The third kappa shape index (κ3) is 3.28. The Labute approximate surface area is 152 Å². The van der Waals surface area contributed by atoms with E-state index in [1.54, 1.807) is 6.07 Å². The van der Waals surface area contributed by atoms with Gasteiger partial charge in [0.1, 0.15) is 5.65 Å². The minimum absolute atomic E-state index is 0.132. The first kappa shape index (κ1) is 17.5. The van der Waals surface area contributed by atoms with Crippen LogP contribution in [0.2, 0.25) is 0 Å². The summed E-state index contributed by atoms with van der Waals surface area (Å²) in [5.41, 5.74) is -0.0669. The Morgan fingerprint density at radius 2 is 1.81 bits per heavy atom. The Balaban J connectivity index is 1.93. The molecule has 0 amide bonds. The van der Waals surface area contributed by atoms with Crippen molar-refractivity contribution in [2.75, 3.05) is 31.2 Å². The van der Waals surface area contributed by atoms with E-state index >= 15 is 0 Å². The molecule has 0 saturated carbocycles. The van der Waals surface area contributed by atoms with Crippen molar-refractivity contribution in [3.8, 4) is 5.69 Å². The monoisotopic (exact) mass is 375 g/mol. The van der Waals surface area contributed by atoms with Gasteiger partial charge < -0.3 is 9.64 Å². The van der Waals surface area contributed by atoms with Crippen LogP contribution in [0.25, 0.3) is 16.7 Å². The minimum Gasteiger partial charge on any atom is -0.378 e. The first-order valence-electron chi connectivity index (χ1n) is 8.46. The molecule has 0 spiro atoms. The Bertz CT molecular complexity index is 1040. The number of aromatic nitrogens is 2. The maximum atomic E-state index is 13.1. The van der Waals surface area contributed by atoms with Gasteiger partial charge in [-0.25, -0.2) is 4.98 Å². The van der Waals surface area contributed by atoms with Gasteiger partial charge in [-0.2, -0.15) is 13.2 Å². The smallest absolute Gasteiger partial charge is 0.378 e. The third-order valence-electron chi connectivity index (χ3n) is 4.54. The molecule has 2 aromatic heterocycles. The van der Waals surface area contributed by atoms with Crippen molar-refractivity contribution >= 4 is 16.7 Å². The second kappa shape index (κ2) is 6.70. The van der Waals surface area contributed by atoms with Crippen LogP contribution in [0.4, 0.5) is 18.9 Å². The van der Waals surface area contributed by atoms with E-state index in [0.717, 1.165) is 17.8 Å². The van der Waals surface area contributed by atoms with Crippen molar-refractivity contribution in [1.82, 2.24) is 9.55 Å². The highest BCUT2D eigenvalue weighted by molar-refractivity contribution is 5.90. The molecule has 0 N–H and O–H groups in total. The fourth-order valence-corrected chi connectivity index (χ4v) is 3.28. The number of morpholine rings is 1. The SMILES string of the molecule is O=c1cc(N2CCOCC2)c2cccnc2n1-c1cccc(C(F)(F)F)c1. The molecular formula is C19H16F3N3O2. The van der Waals surface area contributed by atoms with Crippen LogP contribution in [-0.4, -0.2) is 35.9 Å². The molecule has 3 heterocycles. The van der Waals surface area contributed by atoms with Crippen molar-refractivity contribution in [2.45, 2.75) is 6.18 Å². The van der Waals surface area contributed by atoms with Crippen LogP contribution in [0.1, 0.15) is 5.56 Å².